The summed E-state index contributed by atoms with van der Waals surface area (Å²) in [5.41, 5.74) is 2.31. The Hall–Kier alpha value is -1.32. The maximum atomic E-state index is 6.15. The van der Waals surface area contributed by atoms with E-state index in [4.69, 9.17) is 4.74 Å². The maximum Gasteiger partial charge on any atom is 0.132 e. The Morgan fingerprint density at radius 3 is 2.67 bits per heavy atom. The van der Waals surface area contributed by atoms with Crippen molar-refractivity contribution in [2.45, 2.75) is 33.2 Å². The second kappa shape index (κ2) is 7.62. The van der Waals surface area contributed by atoms with Gasteiger partial charge in [-0.2, -0.15) is 0 Å². The molecule has 0 fully saturated rings. The van der Waals surface area contributed by atoms with E-state index in [1.165, 1.54) is 5.56 Å². The van der Waals surface area contributed by atoms with Gasteiger partial charge < -0.3 is 10.1 Å². The topological polar surface area (TPSA) is 21.3 Å². The van der Waals surface area contributed by atoms with Gasteiger partial charge in [0.15, 0.2) is 0 Å². The van der Waals surface area contributed by atoms with Crippen molar-refractivity contribution < 1.29 is 4.74 Å². The lowest BCUT2D eigenvalue weighted by Gasteiger charge is -2.18. The molecule has 2 aromatic carbocycles. The van der Waals surface area contributed by atoms with Crippen LogP contribution >= 0.6 is 15.9 Å². The summed E-state index contributed by atoms with van der Waals surface area (Å²) < 4.78 is 7.18. The van der Waals surface area contributed by atoms with Gasteiger partial charge in [-0.1, -0.05) is 47.1 Å². The number of aryl methyl sites for hydroxylation is 1. The van der Waals surface area contributed by atoms with Crippen molar-refractivity contribution in [2.75, 3.05) is 6.54 Å². The molecule has 1 unspecified atom stereocenters. The van der Waals surface area contributed by atoms with Crippen LogP contribution in [0.5, 0.6) is 11.5 Å². The highest BCUT2D eigenvalue weighted by atomic mass is 79.9. The molecule has 1 N–H and O–H groups in total. The molecule has 0 aromatic heterocycles. The third-order valence-corrected chi connectivity index (χ3v) is 3.95. The van der Waals surface area contributed by atoms with E-state index in [1.54, 1.807) is 0 Å². The molecule has 0 amide bonds. The number of hydrogen-bond donors (Lipinski definition) is 1. The summed E-state index contributed by atoms with van der Waals surface area (Å²) >= 11 is 3.50. The largest absolute Gasteiger partial charge is 0.457 e. The zero-order valence-corrected chi connectivity index (χ0v) is 14.4. The van der Waals surface area contributed by atoms with E-state index in [0.717, 1.165) is 34.5 Å². The third kappa shape index (κ3) is 4.32. The summed E-state index contributed by atoms with van der Waals surface area (Å²) in [5.74, 6) is 1.80. The molecule has 2 nitrogen and oxygen atoms in total. The van der Waals surface area contributed by atoms with Gasteiger partial charge in [0.1, 0.15) is 11.5 Å². The van der Waals surface area contributed by atoms with Crippen LogP contribution in [0.3, 0.4) is 0 Å². The molecule has 2 aromatic rings. The number of ether oxygens (including phenoxy) is 1. The zero-order valence-electron chi connectivity index (χ0n) is 12.8. The molecule has 2 rings (SSSR count). The van der Waals surface area contributed by atoms with Gasteiger partial charge in [-0.25, -0.2) is 0 Å². The molecule has 0 bridgehead atoms. The van der Waals surface area contributed by atoms with E-state index >= 15 is 0 Å². The summed E-state index contributed by atoms with van der Waals surface area (Å²) in [4.78, 5) is 0. The van der Waals surface area contributed by atoms with E-state index in [1.807, 2.05) is 24.3 Å². The SMILES string of the molecule is CCCNC(C)c1ccccc1Oc1cc(Br)ccc1C. The number of halogens is 1. The Labute approximate surface area is 135 Å². The van der Waals surface area contributed by atoms with E-state index in [-0.39, 0.29) is 6.04 Å². The fourth-order valence-electron chi connectivity index (χ4n) is 2.20. The molecule has 21 heavy (non-hydrogen) atoms. The number of para-hydroxylation sites is 1. The van der Waals surface area contributed by atoms with Crippen molar-refractivity contribution in [1.29, 1.82) is 0 Å². The van der Waals surface area contributed by atoms with Crippen molar-refractivity contribution in [1.82, 2.24) is 5.32 Å². The molecular formula is C18H22BrNO. The number of benzene rings is 2. The average Bonchev–Trinajstić information content (AvgIpc) is 2.49. The van der Waals surface area contributed by atoms with Gasteiger partial charge in [0.05, 0.1) is 0 Å². The van der Waals surface area contributed by atoms with Gasteiger partial charge in [-0.15, -0.1) is 0 Å². The van der Waals surface area contributed by atoms with Gasteiger partial charge in [-0.3, -0.25) is 0 Å². The molecule has 0 aliphatic rings. The van der Waals surface area contributed by atoms with Gasteiger partial charge in [0.25, 0.3) is 0 Å². The van der Waals surface area contributed by atoms with Gasteiger partial charge in [0, 0.05) is 16.1 Å². The Kier molecular flexibility index (Phi) is 5.83. The lowest BCUT2D eigenvalue weighted by molar-refractivity contribution is 0.457. The summed E-state index contributed by atoms with van der Waals surface area (Å²) in [7, 11) is 0. The van der Waals surface area contributed by atoms with E-state index in [2.05, 4.69) is 60.2 Å². The highest BCUT2D eigenvalue weighted by Crippen LogP contribution is 2.32. The quantitative estimate of drug-likeness (QED) is 0.733. The number of nitrogens with one attached hydrogen (secondary N) is 1. The van der Waals surface area contributed by atoms with Crippen LogP contribution in [-0.2, 0) is 0 Å². The molecule has 0 heterocycles. The molecule has 0 aliphatic carbocycles. The monoisotopic (exact) mass is 347 g/mol. The fourth-order valence-corrected chi connectivity index (χ4v) is 2.54. The van der Waals surface area contributed by atoms with Crippen LogP contribution in [0, 0.1) is 6.92 Å². The molecular weight excluding hydrogens is 326 g/mol. The molecule has 0 spiro atoms. The van der Waals surface area contributed by atoms with Crippen LogP contribution < -0.4 is 10.1 Å². The van der Waals surface area contributed by atoms with Gasteiger partial charge in [0.2, 0.25) is 0 Å². The lowest BCUT2D eigenvalue weighted by Crippen LogP contribution is -2.19. The number of hydrogen-bond acceptors (Lipinski definition) is 2. The van der Waals surface area contributed by atoms with Crippen LogP contribution in [0.2, 0.25) is 0 Å². The van der Waals surface area contributed by atoms with Crippen molar-refractivity contribution in [3.05, 3.63) is 58.1 Å². The van der Waals surface area contributed by atoms with Gasteiger partial charge >= 0.3 is 0 Å². The summed E-state index contributed by atoms with van der Waals surface area (Å²) in [5, 5.41) is 3.51. The van der Waals surface area contributed by atoms with Crippen molar-refractivity contribution in [3.8, 4) is 11.5 Å². The Morgan fingerprint density at radius 1 is 1.14 bits per heavy atom. The summed E-state index contributed by atoms with van der Waals surface area (Å²) in [6.45, 7) is 7.41. The first-order valence-electron chi connectivity index (χ1n) is 7.38. The van der Waals surface area contributed by atoms with Gasteiger partial charge in [-0.05, 0) is 50.6 Å². The van der Waals surface area contributed by atoms with Crippen molar-refractivity contribution in [3.63, 3.8) is 0 Å². The van der Waals surface area contributed by atoms with Crippen LogP contribution in [0.4, 0.5) is 0 Å². The summed E-state index contributed by atoms with van der Waals surface area (Å²) in [6, 6.07) is 14.6. The van der Waals surface area contributed by atoms with E-state index in [0.29, 0.717) is 0 Å². The second-order valence-electron chi connectivity index (χ2n) is 5.23. The predicted molar refractivity (Wildman–Crippen MR) is 92.1 cm³/mol. The van der Waals surface area contributed by atoms with E-state index < -0.39 is 0 Å². The molecule has 3 heteroatoms. The molecule has 0 saturated heterocycles. The first-order chi connectivity index (χ1) is 10.1. The first kappa shape index (κ1) is 16.1. The first-order valence-corrected chi connectivity index (χ1v) is 8.17. The highest BCUT2D eigenvalue weighted by molar-refractivity contribution is 9.10. The van der Waals surface area contributed by atoms with Crippen LogP contribution in [0.1, 0.15) is 37.4 Å². The fraction of sp³-hybridized carbons (Fsp3) is 0.333. The standard InChI is InChI=1S/C18H22BrNO/c1-4-11-20-14(3)16-7-5-6-8-17(16)21-18-12-15(19)10-9-13(18)2/h5-10,12,14,20H,4,11H2,1-3H3. The molecule has 0 radical (unpaired) electrons. The Bertz CT molecular complexity index is 598. The van der Waals surface area contributed by atoms with Crippen molar-refractivity contribution >= 4 is 15.9 Å². The predicted octanol–water partition coefficient (Wildman–Crippen LogP) is 5.61. The van der Waals surface area contributed by atoms with Crippen LogP contribution in [0.15, 0.2) is 46.9 Å². The number of rotatable bonds is 6. The molecule has 0 aliphatic heterocycles. The minimum Gasteiger partial charge on any atom is -0.457 e. The Morgan fingerprint density at radius 2 is 1.90 bits per heavy atom. The smallest absolute Gasteiger partial charge is 0.132 e. The third-order valence-electron chi connectivity index (χ3n) is 3.46. The minimum absolute atomic E-state index is 0.272. The zero-order chi connectivity index (χ0) is 15.2. The van der Waals surface area contributed by atoms with E-state index in [9.17, 15) is 0 Å². The van der Waals surface area contributed by atoms with Crippen LogP contribution in [-0.4, -0.2) is 6.54 Å². The molecule has 1 atom stereocenters. The Balaban J connectivity index is 2.25. The average molecular weight is 348 g/mol. The lowest BCUT2D eigenvalue weighted by atomic mass is 10.1. The second-order valence-corrected chi connectivity index (χ2v) is 6.14. The highest BCUT2D eigenvalue weighted by Gasteiger charge is 2.12. The summed E-state index contributed by atoms with van der Waals surface area (Å²) in [6.07, 6.45) is 1.12. The van der Waals surface area contributed by atoms with Crippen LogP contribution in [0.25, 0.3) is 0 Å². The normalized spacial score (nSPS) is 12.2. The molecule has 112 valence electrons. The minimum atomic E-state index is 0.272. The molecule has 0 saturated carbocycles. The van der Waals surface area contributed by atoms with Crippen molar-refractivity contribution in [2.24, 2.45) is 0 Å². The maximum absolute atomic E-state index is 6.15.